The molecule has 3 rings (SSSR count). The average Bonchev–Trinajstić information content (AvgIpc) is 2.61. The maximum atomic E-state index is 9.29. The number of anilines is 2. The Bertz CT molecular complexity index is 723. The third-order valence-corrected chi connectivity index (χ3v) is 4.30. The summed E-state index contributed by atoms with van der Waals surface area (Å²) < 4.78 is 0. The van der Waals surface area contributed by atoms with E-state index < -0.39 is 0 Å². The standard InChI is InChI=1S/C17H20N6/c1-13-9-16(21-12-20-13)22(2)15-6-4-8-23(11-15)17-14(10-18)5-3-7-19-17/h3,5,7,9,12,15H,4,6,8,11H2,1-2H3. The van der Waals surface area contributed by atoms with Gasteiger partial charge in [-0.3, -0.25) is 0 Å². The highest BCUT2D eigenvalue weighted by molar-refractivity contribution is 5.54. The number of aromatic nitrogens is 3. The molecule has 1 atom stereocenters. The van der Waals surface area contributed by atoms with Gasteiger partial charge in [-0.2, -0.15) is 5.26 Å². The van der Waals surface area contributed by atoms with Crippen molar-refractivity contribution in [2.75, 3.05) is 29.9 Å². The fourth-order valence-electron chi connectivity index (χ4n) is 3.02. The molecule has 6 heteroatoms. The Balaban J connectivity index is 1.79. The second kappa shape index (κ2) is 6.61. The molecule has 6 nitrogen and oxygen atoms in total. The summed E-state index contributed by atoms with van der Waals surface area (Å²) in [5.74, 6) is 1.72. The smallest absolute Gasteiger partial charge is 0.146 e. The van der Waals surface area contributed by atoms with Crippen molar-refractivity contribution >= 4 is 11.6 Å². The number of nitriles is 1. The van der Waals surface area contributed by atoms with Gasteiger partial charge in [-0.15, -0.1) is 0 Å². The molecule has 1 saturated heterocycles. The van der Waals surface area contributed by atoms with Gasteiger partial charge in [-0.05, 0) is 31.9 Å². The molecule has 0 radical (unpaired) electrons. The van der Waals surface area contributed by atoms with E-state index in [1.54, 1.807) is 18.6 Å². The minimum Gasteiger partial charge on any atom is -0.355 e. The summed E-state index contributed by atoms with van der Waals surface area (Å²) in [6, 6.07) is 8.21. The van der Waals surface area contributed by atoms with Gasteiger partial charge in [0.15, 0.2) is 0 Å². The zero-order valence-electron chi connectivity index (χ0n) is 13.5. The normalized spacial score (nSPS) is 17.6. The Labute approximate surface area is 136 Å². The lowest BCUT2D eigenvalue weighted by atomic mass is 10.0. The average molecular weight is 308 g/mol. The number of aryl methyl sites for hydroxylation is 1. The fraction of sp³-hybridized carbons (Fsp3) is 0.412. The maximum absolute atomic E-state index is 9.29. The first-order valence-electron chi connectivity index (χ1n) is 7.80. The van der Waals surface area contributed by atoms with Crippen LogP contribution in [0, 0.1) is 18.3 Å². The summed E-state index contributed by atoms with van der Waals surface area (Å²) in [4.78, 5) is 17.4. The zero-order chi connectivity index (χ0) is 16.2. The third kappa shape index (κ3) is 3.24. The third-order valence-electron chi connectivity index (χ3n) is 4.30. The quantitative estimate of drug-likeness (QED) is 0.865. The summed E-state index contributed by atoms with van der Waals surface area (Å²) in [5, 5.41) is 9.29. The van der Waals surface area contributed by atoms with Gasteiger partial charge >= 0.3 is 0 Å². The molecule has 2 aromatic heterocycles. The second-order valence-electron chi connectivity index (χ2n) is 5.86. The van der Waals surface area contributed by atoms with Crippen LogP contribution in [-0.2, 0) is 0 Å². The monoisotopic (exact) mass is 308 g/mol. The van der Waals surface area contributed by atoms with E-state index in [1.807, 2.05) is 19.1 Å². The molecule has 1 unspecified atom stereocenters. The molecule has 0 spiro atoms. The highest BCUT2D eigenvalue weighted by Crippen LogP contribution is 2.25. The van der Waals surface area contributed by atoms with Gasteiger partial charge in [0.05, 0.1) is 5.56 Å². The van der Waals surface area contributed by atoms with E-state index in [4.69, 9.17) is 0 Å². The van der Waals surface area contributed by atoms with E-state index in [2.05, 4.69) is 37.9 Å². The van der Waals surface area contributed by atoms with Crippen molar-refractivity contribution in [3.8, 4) is 6.07 Å². The molecule has 0 amide bonds. The molecular formula is C17H20N6. The van der Waals surface area contributed by atoms with Crippen LogP contribution in [0.4, 0.5) is 11.6 Å². The van der Waals surface area contributed by atoms with Crippen LogP contribution in [0.5, 0.6) is 0 Å². The molecule has 3 heterocycles. The highest BCUT2D eigenvalue weighted by Gasteiger charge is 2.26. The van der Waals surface area contributed by atoms with E-state index in [9.17, 15) is 5.26 Å². The maximum Gasteiger partial charge on any atom is 0.146 e. The molecule has 0 aliphatic carbocycles. The van der Waals surface area contributed by atoms with E-state index >= 15 is 0 Å². The molecule has 23 heavy (non-hydrogen) atoms. The summed E-state index contributed by atoms with van der Waals surface area (Å²) in [5.41, 5.74) is 1.60. The number of rotatable bonds is 3. The van der Waals surface area contributed by atoms with Crippen molar-refractivity contribution in [3.63, 3.8) is 0 Å². The summed E-state index contributed by atoms with van der Waals surface area (Å²) >= 11 is 0. The number of pyridine rings is 1. The lowest BCUT2D eigenvalue weighted by Gasteiger charge is -2.39. The van der Waals surface area contributed by atoms with Gasteiger partial charge in [0, 0.05) is 44.1 Å². The number of nitrogens with zero attached hydrogens (tertiary/aromatic N) is 6. The lowest BCUT2D eigenvalue weighted by Crippen LogP contribution is -2.47. The van der Waals surface area contributed by atoms with Crippen LogP contribution >= 0.6 is 0 Å². The van der Waals surface area contributed by atoms with Crippen molar-refractivity contribution < 1.29 is 0 Å². The largest absolute Gasteiger partial charge is 0.355 e. The first kappa shape index (κ1) is 15.2. The Morgan fingerprint density at radius 2 is 2.22 bits per heavy atom. The van der Waals surface area contributed by atoms with Gasteiger partial charge in [0.2, 0.25) is 0 Å². The van der Waals surface area contributed by atoms with Crippen LogP contribution < -0.4 is 9.80 Å². The fourth-order valence-corrected chi connectivity index (χ4v) is 3.02. The predicted molar refractivity (Wildman–Crippen MR) is 89.4 cm³/mol. The number of hydrogen-bond donors (Lipinski definition) is 0. The lowest BCUT2D eigenvalue weighted by molar-refractivity contribution is 0.483. The molecule has 0 N–H and O–H groups in total. The van der Waals surface area contributed by atoms with Crippen molar-refractivity contribution in [2.24, 2.45) is 0 Å². The van der Waals surface area contributed by atoms with E-state index in [1.165, 1.54) is 0 Å². The van der Waals surface area contributed by atoms with Crippen molar-refractivity contribution in [1.29, 1.82) is 5.26 Å². The highest BCUT2D eigenvalue weighted by atomic mass is 15.3. The van der Waals surface area contributed by atoms with Crippen LogP contribution in [0.3, 0.4) is 0 Å². The molecule has 1 aliphatic heterocycles. The van der Waals surface area contributed by atoms with E-state index in [0.29, 0.717) is 11.6 Å². The molecule has 0 saturated carbocycles. The molecule has 118 valence electrons. The van der Waals surface area contributed by atoms with Crippen molar-refractivity contribution in [1.82, 2.24) is 15.0 Å². The molecule has 1 fully saturated rings. The van der Waals surface area contributed by atoms with Gasteiger partial charge in [-0.1, -0.05) is 0 Å². The van der Waals surface area contributed by atoms with Crippen LogP contribution in [0.25, 0.3) is 0 Å². The first-order valence-corrected chi connectivity index (χ1v) is 7.80. The Morgan fingerprint density at radius 3 is 3.00 bits per heavy atom. The second-order valence-corrected chi connectivity index (χ2v) is 5.86. The SMILES string of the molecule is Cc1cc(N(C)C2CCCN(c3ncccc3C#N)C2)ncn1. The Morgan fingerprint density at radius 1 is 1.35 bits per heavy atom. The van der Waals surface area contributed by atoms with Crippen molar-refractivity contribution in [2.45, 2.75) is 25.8 Å². The molecule has 1 aliphatic rings. The van der Waals surface area contributed by atoms with Gasteiger partial charge in [0.1, 0.15) is 24.0 Å². The number of hydrogen-bond acceptors (Lipinski definition) is 6. The zero-order valence-corrected chi connectivity index (χ0v) is 13.5. The van der Waals surface area contributed by atoms with Crippen LogP contribution in [-0.4, -0.2) is 41.1 Å². The Hall–Kier alpha value is -2.68. The summed E-state index contributed by atoms with van der Waals surface area (Å²) in [7, 11) is 2.07. The molecule has 2 aromatic rings. The van der Waals surface area contributed by atoms with Gasteiger partial charge < -0.3 is 9.80 Å². The molecule has 0 bridgehead atoms. The Kier molecular flexibility index (Phi) is 4.38. The first-order chi connectivity index (χ1) is 11.2. The van der Waals surface area contributed by atoms with Gasteiger partial charge in [0.25, 0.3) is 0 Å². The van der Waals surface area contributed by atoms with Crippen molar-refractivity contribution in [3.05, 3.63) is 42.0 Å². The van der Waals surface area contributed by atoms with Crippen LogP contribution in [0.15, 0.2) is 30.7 Å². The number of piperidine rings is 1. The van der Waals surface area contributed by atoms with Crippen LogP contribution in [0.1, 0.15) is 24.1 Å². The van der Waals surface area contributed by atoms with E-state index in [0.717, 1.165) is 43.3 Å². The minimum absolute atomic E-state index is 0.339. The summed E-state index contributed by atoms with van der Waals surface area (Å²) in [6.45, 7) is 3.74. The topological polar surface area (TPSA) is 68.9 Å². The predicted octanol–water partition coefficient (Wildman–Crippen LogP) is 2.16. The van der Waals surface area contributed by atoms with E-state index in [-0.39, 0.29) is 0 Å². The number of likely N-dealkylation sites (N-methyl/N-ethyl adjacent to an activating group) is 1. The van der Waals surface area contributed by atoms with Gasteiger partial charge in [-0.25, -0.2) is 15.0 Å². The minimum atomic E-state index is 0.339. The summed E-state index contributed by atoms with van der Waals surface area (Å²) in [6.07, 6.45) is 5.52. The molecule has 0 aromatic carbocycles. The molecular weight excluding hydrogens is 288 g/mol. The van der Waals surface area contributed by atoms with Crippen LogP contribution in [0.2, 0.25) is 0 Å².